The second-order valence-corrected chi connectivity index (χ2v) is 7.95. The summed E-state index contributed by atoms with van der Waals surface area (Å²) in [4.78, 5) is 30.9. The lowest BCUT2D eigenvalue weighted by molar-refractivity contribution is -0.117. The maximum absolute atomic E-state index is 12.4. The van der Waals surface area contributed by atoms with Crippen LogP contribution in [0.15, 0.2) is 54.7 Å². The highest BCUT2D eigenvalue weighted by Crippen LogP contribution is 2.31. The van der Waals surface area contributed by atoms with Crippen molar-refractivity contribution in [2.45, 2.75) is 19.4 Å². The first-order valence-electron chi connectivity index (χ1n) is 9.00. The van der Waals surface area contributed by atoms with Gasteiger partial charge in [-0.15, -0.1) is 11.3 Å². The van der Waals surface area contributed by atoms with E-state index in [2.05, 4.69) is 10.3 Å². The number of aromatic nitrogens is 1. The average Bonchev–Trinajstić information content (AvgIpc) is 3.36. The molecule has 3 aromatic rings. The number of nitrogens with zero attached hydrogens (tertiary/aromatic N) is 2. The van der Waals surface area contributed by atoms with Gasteiger partial charge in [0.2, 0.25) is 5.91 Å². The van der Waals surface area contributed by atoms with Crippen LogP contribution in [-0.2, 0) is 11.3 Å². The second kappa shape index (κ2) is 8.12. The number of anilines is 1. The minimum atomic E-state index is -0.172. The predicted molar refractivity (Wildman–Crippen MR) is 112 cm³/mol. The van der Waals surface area contributed by atoms with Crippen LogP contribution in [0.1, 0.15) is 28.1 Å². The molecule has 0 radical (unpaired) electrons. The van der Waals surface area contributed by atoms with Crippen LogP contribution in [0, 0.1) is 0 Å². The molecular weight excluding hydrogens is 394 g/mol. The highest BCUT2D eigenvalue weighted by molar-refractivity contribution is 7.17. The average molecular weight is 412 g/mol. The molecule has 7 heteroatoms. The first kappa shape index (κ1) is 18.7. The molecule has 0 bridgehead atoms. The SMILES string of the molecule is O=C(NCc1ccc(N2CCCC2=O)cc1)c1cnc(-c2ccccc2Cl)s1. The Balaban J connectivity index is 1.38. The molecule has 1 fully saturated rings. The minimum absolute atomic E-state index is 0.167. The zero-order valence-electron chi connectivity index (χ0n) is 15.0. The number of nitrogens with one attached hydrogen (secondary N) is 1. The van der Waals surface area contributed by atoms with Gasteiger partial charge in [-0.25, -0.2) is 4.98 Å². The summed E-state index contributed by atoms with van der Waals surface area (Å²) in [5.74, 6) is -0.00447. The van der Waals surface area contributed by atoms with E-state index in [1.807, 2.05) is 42.5 Å². The number of amides is 2. The number of carbonyl (C=O) groups is 2. The zero-order valence-corrected chi connectivity index (χ0v) is 16.6. The second-order valence-electron chi connectivity index (χ2n) is 6.51. The summed E-state index contributed by atoms with van der Waals surface area (Å²) in [6.07, 6.45) is 3.09. The van der Waals surface area contributed by atoms with Crippen molar-refractivity contribution in [3.05, 3.63) is 70.2 Å². The molecule has 4 rings (SSSR count). The van der Waals surface area contributed by atoms with E-state index in [1.54, 1.807) is 17.2 Å². The van der Waals surface area contributed by atoms with Gasteiger partial charge in [-0.3, -0.25) is 9.59 Å². The highest BCUT2D eigenvalue weighted by Gasteiger charge is 2.21. The normalized spacial score (nSPS) is 13.8. The fourth-order valence-electron chi connectivity index (χ4n) is 3.12. The van der Waals surface area contributed by atoms with Gasteiger partial charge in [-0.05, 0) is 30.2 Å². The fraction of sp³-hybridized carbons (Fsp3) is 0.190. The van der Waals surface area contributed by atoms with Gasteiger partial charge < -0.3 is 10.2 Å². The Morgan fingerprint density at radius 2 is 1.96 bits per heavy atom. The van der Waals surface area contributed by atoms with Crippen molar-refractivity contribution in [2.75, 3.05) is 11.4 Å². The molecule has 2 aromatic carbocycles. The third-order valence-electron chi connectivity index (χ3n) is 4.61. The molecule has 0 unspecified atom stereocenters. The molecule has 0 aliphatic carbocycles. The van der Waals surface area contributed by atoms with Crippen molar-refractivity contribution in [2.24, 2.45) is 0 Å². The number of halogens is 1. The summed E-state index contributed by atoms with van der Waals surface area (Å²) in [6, 6.07) is 15.2. The van der Waals surface area contributed by atoms with Gasteiger partial charge in [0.05, 0.1) is 11.2 Å². The summed E-state index contributed by atoms with van der Waals surface area (Å²) < 4.78 is 0. The van der Waals surface area contributed by atoms with E-state index in [9.17, 15) is 9.59 Å². The van der Waals surface area contributed by atoms with E-state index < -0.39 is 0 Å². The first-order chi connectivity index (χ1) is 13.6. The van der Waals surface area contributed by atoms with E-state index in [0.29, 0.717) is 22.9 Å². The van der Waals surface area contributed by atoms with Gasteiger partial charge in [-0.1, -0.05) is 41.9 Å². The topological polar surface area (TPSA) is 62.3 Å². The Bertz CT molecular complexity index is 1020. The standard InChI is InChI=1S/C21H18ClN3O2S/c22-17-5-2-1-4-16(17)21-24-13-18(28-21)20(27)23-12-14-7-9-15(10-8-14)25-11-3-6-19(25)26/h1-2,4-5,7-10,13H,3,6,11-12H2,(H,23,27). The summed E-state index contributed by atoms with van der Waals surface area (Å²) >= 11 is 7.51. The maximum atomic E-state index is 12.4. The van der Waals surface area contributed by atoms with Crippen molar-refractivity contribution >= 4 is 40.4 Å². The summed E-state index contributed by atoms with van der Waals surface area (Å²) in [6.45, 7) is 1.18. The summed E-state index contributed by atoms with van der Waals surface area (Å²) in [5, 5.41) is 4.24. The number of hydrogen-bond acceptors (Lipinski definition) is 4. The van der Waals surface area contributed by atoms with Gasteiger partial charge in [0.1, 0.15) is 9.88 Å². The van der Waals surface area contributed by atoms with Gasteiger partial charge >= 0.3 is 0 Å². The van der Waals surface area contributed by atoms with Crippen LogP contribution in [0.5, 0.6) is 0 Å². The Hall–Kier alpha value is -2.70. The van der Waals surface area contributed by atoms with Crippen molar-refractivity contribution in [3.8, 4) is 10.6 Å². The third-order valence-corrected chi connectivity index (χ3v) is 5.97. The quantitative estimate of drug-likeness (QED) is 0.671. The zero-order chi connectivity index (χ0) is 19.5. The van der Waals surface area contributed by atoms with E-state index in [1.165, 1.54) is 11.3 Å². The van der Waals surface area contributed by atoms with Crippen LogP contribution < -0.4 is 10.2 Å². The van der Waals surface area contributed by atoms with Crippen LogP contribution in [0.3, 0.4) is 0 Å². The largest absolute Gasteiger partial charge is 0.347 e. The monoisotopic (exact) mass is 411 g/mol. The van der Waals surface area contributed by atoms with Crippen LogP contribution in [0.4, 0.5) is 5.69 Å². The Labute approximate surface area is 172 Å². The van der Waals surface area contributed by atoms with Gasteiger partial charge in [-0.2, -0.15) is 0 Å². The lowest BCUT2D eigenvalue weighted by Crippen LogP contribution is -2.24. The van der Waals surface area contributed by atoms with Gasteiger partial charge in [0.15, 0.2) is 0 Å². The van der Waals surface area contributed by atoms with E-state index in [0.717, 1.165) is 34.8 Å². The van der Waals surface area contributed by atoms with E-state index in [4.69, 9.17) is 11.6 Å². The van der Waals surface area contributed by atoms with Crippen LogP contribution in [0.25, 0.3) is 10.6 Å². The van der Waals surface area contributed by atoms with Crippen molar-refractivity contribution in [3.63, 3.8) is 0 Å². The first-order valence-corrected chi connectivity index (χ1v) is 10.2. The molecule has 1 N–H and O–H groups in total. The molecule has 2 amide bonds. The minimum Gasteiger partial charge on any atom is -0.347 e. The molecule has 28 heavy (non-hydrogen) atoms. The van der Waals surface area contributed by atoms with Gasteiger partial charge in [0, 0.05) is 30.8 Å². The lowest BCUT2D eigenvalue weighted by atomic mass is 10.2. The Morgan fingerprint density at radius 1 is 1.18 bits per heavy atom. The maximum Gasteiger partial charge on any atom is 0.263 e. The molecule has 0 spiro atoms. The molecule has 0 atom stereocenters. The van der Waals surface area contributed by atoms with Crippen LogP contribution in [-0.4, -0.2) is 23.3 Å². The Morgan fingerprint density at radius 3 is 2.68 bits per heavy atom. The number of carbonyl (C=O) groups excluding carboxylic acids is 2. The summed E-state index contributed by atoms with van der Waals surface area (Å²) in [7, 11) is 0. The van der Waals surface area contributed by atoms with Crippen molar-refractivity contribution in [1.82, 2.24) is 10.3 Å². The number of thiazole rings is 1. The van der Waals surface area contributed by atoms with Crippen LogP contribution in [0.2, 0.25) is 5.02 Å². The molecule has 5 nitrogen and oxygen atoms in total. The molecule has 1 aliphatic heterocycles. The number of hydrogen-bond donors (Lipinski definition) is 1. The predicted octanol–water partition coefficient (Wildman–Crippen LogP) is 4.52. The fourth-order valence-corrected chi connectivity index (χ4v) is 4.28. The Kier molecular flexibility index (Phi) is 5.41. The molecule has 1 aromatic heterocycles. The molecular formula is C21H18ClN3O2S. The highest BCUT2D eigenvalue weighted by atomic mass is 35.5. The van der Waals surface area contributed by atoms with Crippen molar-refractivity contribution in [1.29, 1.82) is 0 Å². The van der Waals surface area contributed by atoms with Crippen LogP contribution >= 0.6 is 22.9 Å². The lowest BCUT2D eigenvalue weighted by Gasteiger charge is -2.16. The smallest absolute Gasteiger partial charge is 0.263 e. The molecule has 1 saturated heterocycles. The van der Waals surface area contributed by atoms with Crippen molar-refractivity contribution < 1.29 is 9.59 Å². The molecule has 142 valence electrons. The van der Waals surface area contributed by atoms with E-state index >= 15 is 0 Å². The molecule has 0 saturated carbocycles. The number of benzene rings is 2. The summed E-state index contributed by atoms with van der Waals surface area (Å²) in [5.41, 5.74) is 2.70. The molecule has 2 heterocycles. The van der Waals surface area contributed by atoms with E-state index in [-0.39, 0.29) is 11.8 Å². The molecule has 1 aliphatic rings. The number of rotatable bonds is 5. The van der Waals surface area contributed by atoms with Gasteiger partial charge in [0.25, 0.3) is 5.91 Å². The third kappa shape index (κ3) is 3.93.